The van der Waals surface area contributed by atoms with Crippen molar-refractivity contribution in [1.29, 1.82) is 0 Å². The molecule has 1 aromatic rings. The molecular formula is C14H19Cl2NO. The monoisotopic (exact) mass is 287 g/mol. The van der Waals surface area contributed by atoms with Gasteiger partial charge in [0.25, 0.3) is 0 Å². The predicted molar refractivity (Wildman–Crippen MR) is 76.4 cm³/mol. The molecule has 0 bridgehead atoms. The van der Waals surface area contributed by atoms with E-state index in [9.17, 15) is 0 Å². The van der Waals surface area contributed by atoms with Gasteiger partial charge in [0, 0.05) is 18.0 Å². The Hall–Kier alpha value is -0.280. The molecule has 1 saturated heterocycles. The van der Waals surface area contributed by atoms with E-state index in [2.05, 4.69) is 19.2 Å². The number of rotatable bonds is 5. The maximum atomic E-state index is 6.06. The molecule has 0 spiro atoms. The van der Waals surface area contributed by atoms with Crippen molar-refractivity contribution in [2.75, 3.05) is 19.8 Å². The number of hydrogen-bond acceptors (Lipinski definition) is 2. The molecule has 1 unspecified atom stereocenters. The molecule has 18 heavy (non-hydrogen) atoms. The maximum absolute atomic E-state index is 6.06. The van der Waals surface area contributed by atoms with Gasteiger partial charge in [-0.25, -0.2) is 0 Å². The van der Waals surface area contributed by atoms with Crippen LogP contribution < -0.4 is 5.32 Å². The van der Waals surface area contributed by atoms with Gasteiger partial charge >= 0.3 is 0 Å². The number of ether oxygens (including phenoxy) is 1. The molecule has 0 aliphatic carbocycles. The molecule has 1 aliphatic heterocycles. The molecule has 0 saturated carbocycles. The van der Waals surface area contributed by atoms with Crippen LogP contribution in [0.2, 0.25) is 10.0 Å². The van der Waals surface area contributed by atoms with E-state index in [-0.39, 0.29) is 5.41 Å². The Morgan fingerprint density at radius 3 is 2.56 bits per heavy atom. The lowest BCUT2D eigenvalue weighted by Gasteiger charge is -2.39. The lowest BCUT2D eigenvalue weighted by molar-refractivity contribution is -0.100. The van der Waals surface area contributed by atoms with E-state index in [1.807, 2.05) is 18.2 Å². The summed E-state index contributed by atoms with van der Waals surface area (Å²) in [6.45, 7) is 7.06. The van der Waals surface area contributed by atoms with Crippen molar-refractivity contribution in [3.05, 3.63) is 33.8 Å². The van der Waals surface area contributed by atoms with Crippen molar-refractivity contribution in [3.8, 4) is 0 Å². The van der Waals surface area contributed by atoms with Crippen molar-refractivity contribution in [1.82, 2.24) is 5.32 Å². The highest BCUT2D eigenvalue weighted by Gasteiger charge is 2.33. The highest BCUT2D eigenvalue weighted by Crippen LogP contribution is 2.29. The number of halogens is 2. The molecule has 100 valence electrons. The maximum Gasteiger partial charge on any atom is 0.0595 e. The Morgan fingerprint density at radius 2 is 2.06 bits per heavy atom. The smallest absolute Gasteiger partial charge is 0.0595 e. The van der Waals surface area contributed by atoms with E-state index in [0.29, 0.717) is 16.1 Å². The van der Waals surface area contributed by atoms with E-state index in [0.717, 1.165) is 26.2 Å². The van der Waals surface area contributed by atoms with E-state index < -0.39 is 0 Å². The first-order chi connectivity index (χ1) is 8.54. The average molecular weight is 288 g/mol. The van der Waals surface area contributed by atoms with Crippen molar-refractivity contribution >= 4 is 23.2 Å². The average Bonchev–Trinajstić information content (AvgIpc) is 2.32. The highest BCUT2D eigenvalue weighted by atomic mass is 35.5. The zero-order valence-corrected chi connectivity index (χ0v) is 12.3. The van der Waals surface area contributed by atoms with Crippen LogP contribution in [0.15, 0.2) is 18.2 Å². The fourth-order valence-corrected chi connectivity index (χ4v) is 2.46. The molecule has 4 heteroatoms. The third kappa shape index (κ3) is 3.18. The summed E-state index contributed by atoms with van der Waals surface area (Å²) >= 11 is 12.0. The van der Waals surface area contributed by atoms with Crippen LogP contribution in [0.5, 0.6) is 0 Å². The molecule has 1 aliphatic rings. The summed E-state index contributed by atoms with van der Waals surface area (Å²) in [6.07, 6.45) is 1.02. The largest absolute Gasteiger partial charge is 0.380 e. The van der Waals surface area contributed by atoms with Gasteiger partial charge in [-0.3, -0.25) is 0 Å². The van der Waals surface area contributed by atoms with Gasteiger partial charge in [-0.05, 0) is 24.1 Å². The zero-order chi connectivity index (χ0) is 13.2. The molecule has 1 aromatic carbocycles. The second-order valence-electron chi connectivity index (χ2n) is 5.32. The molecule has 1 N–H and O–H groups in total. The molecule has 1 atom stereocenters. The van der Waals surface area contributed by atoms with Gasteiger partial charge in [0.2, 0.25) is 0 Å². The third-order valence-electron chi connectivity index (χ3n) is 3.43. The lowest BCUT2D eigenvalue weighted by Crippen LogP contribution is -2.47. The Kier molecular flexibility index (Phi) is 4.54. The first-order valence-corrected chi connectivity index (χ1v) is 7.06. The Morgan fingerprint density at radius 1 is 1.33 bits per heavy atom. The van der Waals surface area contributed by atoms with E-state index in [1.54, 1.807) is 0 Å². The fourth-order valence-electron chi connectivity index (χ4n) is 2.15. The summed E-state index contributed by atoms with van der Waals surface area (Å²) in [4.78, 5) is 0. The zero-order valence-electron chi connectivity index (χ0n) is 10.8. The molecule has 2 rings (SSSR count). The van der Waals surface area contributed by atoms with Crippen molar-refractivity contribution in [2.45, 2.75) is 26.3 Å². The molecule has 2 nitrogen and oxygen atoms in total. The van der Waals surface area contributed by atoms with Crippen LogP contribution in [0.1, 0.15) is 31.9 Å². The summed E-state index contributed by atoms with van der Waals surface area (Å²) in [5, 5.41) is 4.82. The lowest BCUT2D eigenvalue weighted by atomic mass is 9.88. The summed E-state index contributed by atoms with van der Waals surface area (Å²) < 4.78 is 5.27. The summed E-state index contributed by atoms with van der Waals surface area (Å²) in [5.74, 6) is 0. The molecule has 1 fully saturated rings. The van der Waals surface area contributed by atoms with Gasteiger partial charge in [0.15, 0.2) is 0 Å². The molecular weight excluding hydrogens is 269 g/mol. The standard InChI is InChI=1S/C14H19Cl2NO/c1-3-13(17-7-14(2)8-18-9-14)10-4-5-11(15)12(16)6-10/h4-6,13,17H,3,7-9H2,1-2H3. The Bertz CT molecular complexity index is 418. The van der Waals surface area contributed by atoms with Gasteiger partial charge in [0.1, 0.15) is 0 Å². The first-order valence-electron chi connectivity index (χ1n) is 6.30. The quantitative estimate of drug-likeness (QED) is 0.881. The van der Waals surface area contributed by atoms with Crippen molar-refractivity contribution in [2.24, 2.45) is 5.41 Å². The fraction of sp³-hybridized carbons (Fsp3) is 0.571. The minimum atomic E-state index is 0.281. The molecule has 1 heterocycles. The van der Waals surface area contributed by atoms with Gasteiger partial charge < -0.3 is 10.1 Å². The first kappa shape index (κ1) is 14.1. The van der Waals surface area contributed by atoms with Gasteiger partial charge in [0.05, 0.1) is 23.3 Å². The third-order valence-corrected chi connectivity index (χ3v) is 4.17. The Balaban J connectivity index is 2.01. The molecule has 0 radical (unpaired) electrons. The Labute approximate surface area is 119 Å². The van der Waals surface area contributed by atoms with Gasteiger partial charge in [-0.1, -0.05) is 43.1 Å². The van der Waals surface area contributed by atoms with Gasteiger partial charge in [-0.2, -0.15) is 0 Å². The van der Waals surface area contributed by atoms with Gasteiger partial charge in [-0.15, -0.1) is 0 Å². The van der Waals surface area contributed by atoms with Crippen LogP contribution in [-0.4, -0.2) is 19.8 Å². The predicted octanol–water partition coefficient (Wildman–Crippen LogP) is 4.07. The minimum absolute atomic E-state index is 0.281. The topological polar surface area (TPSA) is 21.3 Å². The second kappa shape index (κ2) is 5.79. The van der Waals surface area contributed by atoms with Crippen LogP contribution in [0.25, 0.3) is 0 Å². The van der Waals surface area contributed by atoms with Crippen molar-refractivity contribution < 1.29 is 4.74 Å². The SMILES string of the molecule is CCC(NCC1(C)COC1)c1ccc(Cl)c(Cl)c1. The second-order valence-corrected chi connectivity index (χ2v) is 6.13. The number of hydrogen-bond donors (Lipinski definition) is 1. The number of nitrogens with one attached hydrogen (secondary N) is 1. The summed E-state index contributed by atoms with van der Waals surface area (Å²) in [5.41, 5.74) is 1.47. The normalized spacial score (nSPS) is 19.3. The van der Waals surface area contributed by atoms with E-state index >= 15 is 0 Å². The molecule has 0 amide bonds. The van der Waals surface area contributed by atoms with E-state index in [1.165, 1.54) is 5.56 Å². The summed E-state index contributed by atoms with van der Waals surface area (Å²) in [7, 11) is 0. The van der Waals surface area contributed by atoms with Crippen molar-refractivity contribution in [3.63, 3.8) is 0 Å². The van der Waals surface area contributed by atoms with Crippen LogP contribution in [-0.2, 0) is 4.74 Å². The number of benzene rings is 1. The van der Waals surface area contributed by atoms with Crippen LogP contribution >= 0.6 is 23.2 Å². The summed E-state index contributed by atoms with van der Waals surface area (Å²) in [6, 6.07) is 6.16. The minimum Gasteiger partial charge on any atom is -0.380 e. The van der Waals surface area contributed by atoms with Crippen LogP contribution in [0.3, 0.4) is 0 Å². The van der Waals surface area contributed by atoms with Crippen LogP contribution in [0, 0.1) is 5.41 Å². The highest BCUT2D eigenvalue weighted by molar-refractivity contribution is 6.42. The van der Waals surface area contributed by atoms with Crippen LogP contribution in [0.4, 0.5) is 0 Å². The van der Waals surface area contributed by atoms with E-state index in [4.69, 9.17) is 27.9 Å². The molecule has 0 aromatic heterocycles.